The van der Waals surface area contributed by atoms with E-state index in [1.807, 2.05) is 24.3 Å². The van der Waals surface area contributed by atoms with E-state index in [-0.39, 0.29) is 43.3 Å². The molecule has 212 valence electrons. The Bertz CT molecular complexity index is 1030. The van der Waals surface area contributed by atoms with Crippen molar-refractivity contribution in [2.75, 3.05) is 13.2 Å². The van der Waals surface area contributed by atoms with Crippen molar-refractivity contribution in [3.05, 3.63) is 59.7 Å². The van der Waals surface area contributed by atoms with E-state index in [4.69, 9.17) is 9.47 Å². The predicted molar refractivity (Wildman–Crippen MR) is 148 cm³/mol. The number of carbonyl (C=O) groups is 4. The van der Waals surface area contributed by atoms with Gasteiger partial charge in [0.25, 0.3) is 11.8 Å². The van der Waals surface area contributed by atoms with E-state index < -0.39 is 23.6 Å². The first kappa shape index (κ1) is 31.1. The number of hydrogen-bond acceptors (Lipinski definition) is 6. The van der Waals surface area contributed by atoms with Crippen molar-refractivity contribution >= 4 is 23.6 Å². The second-order valence-electron chi connectivity index (χ2n) is 11.2. The summed E-state index contributed by atoms with van der Waals surface area (Å²) in [6.45, 7) is 12.1. The van der Waals surface area contributed by atoms with Gasteiger partial charge in [-0.15, -0.1) is 0 Å². The highest BCUT2D eigenvalue weighted by atomic mass is 16.5. The highest BCUT2D eigenvalue weighted by Crippen LogP contribution is 2.25. The lowest BCUT2D eigenvalue weighted by Gasteiger charge is -2.19. The van der Waals surface area contributed by atoms with Gasteiger partial charge in [0.05, 0.1) is 0 Å². The first-order valence-corrected chi connectivity index (χ1v) is 12.9. The molecule has 4 amide bonds. The Kier molecular flexibility index (Phi) is 11.3. The maximum absolute atomic E-state index is 11.9. The molecule has 0 aliphatic carbocycles. The van der Waals surface area contributed by atoms with E-state index in [0.29, 0.717) is 11.5 Å². The third-order valence-electron chi connectivity index (χ3n) is 5.67. The fourth-order valence-corrected chi connectivity index (χ4v) is 3.29. The Labute approximate surface area is 230 Å². The summed E-state index contributed by atoms with van der Waals surface area (Å²) in [5.41, 5.74) is 11.4. The zero-order chi connectivity index (χ0) is 29.1. The standard InChI is InChI=1S/C29H40N4O6/c1-28(2,3)20-10-14-22(15-11-20)38-18-26(36)32-30-24(34)8-7-9-25(35)31-33-27(37)19-39-23-16-12-21(13-17-23)29(4,5)6/h10-17H,7-9,18-19H2,1-6H3,(H,30,34)(H,31,35)(H,32,36)(H,33,37). The largest absolute Gasteiger partial charge is 0.484 e. The third-order valence-corrected chi connectivity index (χ3v) is 5.67. The highest BCUT2D eigenvalue weighted by Gasteiger charge is 2.15. The molecule has 0 atom stereocenters. The van der Waals surface area contributed by atoms with Crippen molar-refractivity contribution < 1.29 is 28.7 Å². The molecule has 0 saturated carbocycles. The van der Waals surface area contributed by atoms with Gasteiger partial charge in [-0.1, -0.05) is 65.8 Å². The number of hydrogen-bond donors (Lipinski definition) is 4. The van der Waals surface area contributed by atoms with Crippen LogP contribution in [0.5, 0.6) is 11.5 Å². The van der Waals surface area contributed by atoms with Crippen LogP contribution in [0.2, 0.25) is 0 Å². The summed E-state index contributed by atoms with van der Waals surface area (Å²) >= 11 is 0. The van der Waals surface area contributed by atoms with Gasteiger partial charge in [0.15, 0.2) is 13.2 Å². The minimum atomic E-state index is -0.518. The second-order valence-corrected chi connectivity index (χ2v) is 11.2. The normalized spacial score (nSPS) is 11.2. The van der Waals surface area contributed by atoms with Crippen LogP contribution in [0.1, 0.15) is 71.9 Å². The van der Waals surface area contributed by atoms with Crippen LogP contribution in [-0.2, 0) is 30.0 Å². The predicted octanol–water partition coefficient (Wildman–Crippen LogP) is 3.20. The Hall–Kier alpha value is -4.08. The Morgan fingerprint density at radius 3 is 1.15 bits per heavy atom. The zero-order valence-corrected chi connectivity index (χ0v) is 23.6. The van der Waals surface area contributed by atoms with E-state index in [2.05, 4.69) is 63.2 Å². The summed E-state index contributed by atoms with van der Waals surface area (Å²) in [7, 11) is 0. The molecule has 39 heavy (non-hydrogen) atoms. The number of ether oxygens (including phenoxy) is 2. The Balaban J connectivity index is 1.55. The van der Waals surface area contributed by atoms with Crippen molar-refractivity contribution in [1.82, 2.24) is 21.7 Å². The van der Waals surface area contributed by atoms with Gasteiger partial charge in [0.1, 0.15) is 11.5 Å². The molecule has 10 heteroatoms. The van der Waals surface area contributed by atoms with Crippen molar-refractivity contribution in [2.45, 2.75) is 71.6 Å². The van der Waals surface area contributed by atoms with E-state index in [1.165, 1.54) is 0 Å². The van der Waals surface area contributed by atoms with Gasteiger partial charge in [-0.2, -0.15) is 0 Å². The Morgan fingerprint density at radius 1 is 0.538 bits per heavy atom. The lowest BCUT2D eigenvalue weighted by atomic mass is 9.87. The summed E-state index contributed by atoms with van der Waals surface area (Å²) in [5.74, 6) is -0.860. The molecular formula is C29H40N4O6. The van der Waals surface area contributed by atoms with E-state index >= 15 is 0 Å². The Morgan fingerprint density at radius 2 is 0.846 bits per heavy atom. The molecule has 0 aromatic heterocycles. The van der Waals surface area contributed by atoms with Crippen LogP contribution in [-0.4, -0.2) is 36.8 Å². The molecule has 0 aliphatic rings. The molecule has 0 bridgehead atoms. The average Bonchev–Trinajstić information content (AvgIpc) is 2.87. The number of hydrazine groups is 2. The number of carbonyl (C=O) groups excluding carboxylic acids is 4. The molecule has 0 heterocycles. The van der Waals surface area contributed by atoms with Crippen LogP contribution in [0.15, 0.2) is 48.5 Å². The van der Waals surface area contributed by atoms with Crippen LogP contribution in [0.25, 0.3) is 0 Å². The van der Waals surface area contributed by atoms with Crippen molar-refractivity contribution in [3.63, 3.8) is 0 Å². The summed E-state index contributed by atoms with van der Waals surface area (Å²) in [5, 5.41) is 0. The van der Waals surface area contributed by atoms with E-state index in [9.17, 15) is 19.2 Å². The van der Waals surface area contributed by atoms with E-state index in [1.54, 1.807) is 24.3 Å². The zero-order valence-electron chi connectivity index (χ0n) is 23.6. The van der Waals surface area contributed by atoms with Gasteiger partial charge in [0.2, 0.25) is 11.8 Å². The third kappa shape index (κ3) is 11.9. The first-order valence-electron chi connectivity index (χ1n) is 12.9. The van der Waals surface area contributed by atoms with Gasteiger partial charge in [-0.3, -0.25) is 40.9 Å². The van der Waals surface area contributed by atoms with Crippen LogP contribution in [0.4, 0.5) is 0 Å². The molecular weight excluding hydrogens is 500 g/mol. The first-order chi connectivity index (χ1) is 18.2. The van der Waals surface area contributed by atoms with Crippen LogP contribution >= 0.6 is 0 Å². The molecule has 2 aromatic rings. The van der Waals surface area contributed by atoms with Gasteiger partial charge < -0.3 is 9.47 Å². The molecule has 0 saturated heterocycles. The van der Waals surface area contributed by atoms with E-state index in [0.717, 1.165) is 11.1 Å². The fraction of sp³-hybridized carbons (Fsp3) is 0.448. The number of amides is 4. The minimum absolute atomic E-state index is 0.00441. The smallest absolute Gasteiger partial charge is 0.276 e. The van der Waals surface area contributed by atoms with Gasteiger partial charge >= 0.3 is 0 Å². The van der Waals surface area contributed by atoms with Crippen molar-refractivity contribution in [1.29, 1.82) is 0 Å². The summed E-state index contributed by atoms with van der Waals surface area (Å²) in [6, 6.07) is 14.9. The van der Waals surface area contributed by atoms with Crippen LogP contribution in [0.3, 0.4) is 0 Å². The van der Waals surface area contributed by atoms with Gasteiger partial charge in [-0.05, 0) is 52.6 Å². The van der Waals surface area contributed by atoms with Gasteiger partial charge in [0, 0.05) is 12.8 Å². The molecule has 0 fully saturated rings. The highest BCUT2D eigenvalue weighted by molar-refractivity contribution is 5.84. The molecule has 0 radical (unpaired) electrons. The molecule has 0 aliphatic heterocycles. The number of rotatable bonds is 10. The second kappa shape index (κ2) is 14.2. The number of benzene rings is 2. The van der Waals surface area contributed by atoms with Crippen LogP contribution < -0.4 is 31.2 Å². The monoisotopic (exact) mass is 540 g/mol. The summed E-state index contributed by atoms with van der Waals surface area (Å²) in [4.78, 5) is 47.6. The lowest BCUT2D eigenvalue weighted by Crippen LogP contribution is -2.44. The average molecular weight is 541 g/mol. The maximum Gasteiger partial charge on any atom is 0.276 e. The molecule has 0 spiro atoms. The van der Waals surface area contributed by atoms with Gasteiger partial charge in [-0.25, -0.2) is 0 Å². The molecule has 10 nitrogen and oxygen atoms in total. The number of nitrogens with one attached hydrogen (secondary N) is 4. The molecule has 2 rings (SSSR count). The molecule has 4 N–H and O–H groups in total. The topological polar surface area (TPSA) is 135 Å². The molecule has 2 aromatic carbocycles. The summed E-state index contributed by atoms with van der Waals surface area (Å²) in [6.07, 6.45) is 0.228. The quantitative estimate of drug-likeness (QED) is 0.342. The SMILES string of the molecule is CC(C)(C)c1ccc(OCC(=O)NNC(=O)CCCC(=O)NNC(=O)COc2ccc(C(C)(C)C)cc2)cc1. The molecule has 0 unspecified atom stereocenters. The fourth-order valence-electron chi connectivity index (χ4n) is 3.29. The minimum Gasteiger partial charge on any atom is -0.484 e. The van der Waals surface area contributed by atoms with Crippen LogP contribution in [0, 0.1) is 0 Å². The van der Waals surface area contributed by atoms with Crippen molar-refractivity contribution in [3.8, 4) is 11.5 Å². The lowest BCUT2D eigenvalue weighted by molar-refractivity contribution is -0.131. The van der Waals surface area contributed by atoms with Crippen molar-refractivity contribution in [2.24, 2.45) is 0 Å². The maximum atomic E-state index is 11.9. The summed E-state index contributed by atoms with van der Waals surface area (Å²) < 4.78 is 10.9.